The summed E-state index contributed by atoms with van der Waals surface area (Å²) in [5, 5.41) is 6.94. The molecule has 0 bridgehead atoms. The number of aryl methyl sites for hydroxylation is 1. The number of rotatable bonds is 4. The lowest BCUT2D eigenvalue weighted by Gasteiger charge is -2.25. The molecule has 0 heterocycles. The Kier molecular flexibility index (Phi) is 5.15. The van der Waals surface area contributed by atoms with Gasteiger partial charge in [0, 0.05) is 25.0 Å². The van der Waals surface area contributed by atoms with Crippen LogP contribution in [0.5, 0.6) is 0 Å². The van der Waals surface area contributed by atoms with Gasteiger partial charge in [0.2, 0.25) is 0 Å². The molecule has 118 valence electrons. The second-order valence-corrected chi connectivity index (χ2v) is 6.29. The first-order valence-corrected chi connectivity index (χ1v) is 8.64. The molecular weight excluding hydrogens is 270 g/mol. The third-order valence-corrected chi connectivity index (χ3v) is 4.66. The van der Waals surface area contributed by atoms with E-state index in [2.05, 4.69) is 54.0 Å². The van der Waals surface area contributed by atoms with Crippen LogP contribution in [0, 0.1) is 0 Å². The molecule has 22 heavy (non-hydrogen) atoms. The third-order valence-electron chi connectivity index (χ3n) is 4.66. The van der Waals surface area contributed by atoms with Crippen molar-refractivity contribution in [3.8, 4) is 0 Å². The molecule has 0 amide bonds. The van der Waals surface area contributed by atoms with Crippen molar-refractivity contribution in [2.75, 3.05) is 13.1 Å². The fourth-order valence-corrected chi connectivity index (χ4v) is 3.49. The molecule has 1 unspecified atom stereocenters. The van der Waals surface area contributed by atoms with E-state index in [-0.39, 0.29) is 0 Å². The number of guanidine groups is 1. The van der Waals surface area contributed by atoms with Gasteiger partial charge in [-0.15, -0.1) is 0 Å². The summed E-state index contributed by atoms with van der Waals surface area (Å²) in [5.74, 6) is 1.54. The molecule has 3 rings (SSSR count). The summed E-state index contributed by atoms with van der Waals surface area (Å²) in [6.07, 6.45) is 10.5. The first-order valence-electron chi connectivity index (χ1n) is 8.64. The van der Waals surface area contributed by atoms with E-state index in [1.54, 1.807) is 0 Å². The largest absolute Gasteiger partial charge is 0.357 e. The van der Waals surface area contributed by atoms with E-state index in [4.69, 9.17) is 4.99 Å². The maximum Gasteiger partial charge on any atom is 0.191 e. The first kappa shape index (κ1) is 15.1. The van der Waals surface area contributed by atoms with Gasteiger partial charge >= 0.3 is 0 Å². The summed E-state index contributed by atoms with van der Waals surface area (Å²) in [4.78, 5) is 4.87. The van der Waals surface area contributed by atoms with Gasteiger partial charge in [-0.25, -0.2) is 0 Å². The van der Waals surface area contributed by atoms with E-state index >= 15 is 0 Å². The van der Waals surface area contributed by atoms with Crippen LogP contribution >= 0.6 is 0 Å². The molecule has 1 aromatic carbocycles. The number of hydrogen-bond acceptors (Lipinski definition) is 1. The van der Waals surface area contributed by atoms with E-state index in [9.17, 15) is 0 Å². The van der Waals surface area contributed by atoms with E-state index < -0.39 is 0 Å². The minimum atomic E-state index is 0.511. The zero-order valence-corrected chi connectivity index (χ0v) is 13.5. The lowest BCUT2D eigenvalue weighted by Crippen LogP contribution is -2.42. The molecule has 2 N–H and O–H groups in total. The van der Waals surface area contributed by atoms with Gasteiger partial charge in [0.15, 0.2) is 5.96 Å². The van der Waals surface area contributed by atoms with E-state index in [0.29, 0.717) is 12.0 Å². The fraction of sp³-hybridized carbons (Fsp3) is 0.526. The molecule has 1 aromatic rings. The van der Waals surface area contributed by atoms with E-state index in [0.717, 1.165) is 31.9 Å². The van der Waals surface area contributed by atoms with Crippen LogP contribution in [0.4, 0.5) is 0 Å². The van der Waals surface area contributed by atoms with E-state index in [1.165, 1.54) is 30.4 Å². The highest BCUT2D eigenvalue weighted by atomic mass is 15.2. The highest BCUT2D eigenvalue weighted by molar-refractivity contribution is 5.80. The zero-order chi connectivity index (χ0) is 15.2. The molecular formula is C19H27N3. The molecule has 0 spiro atoms. The van der Waals surface area contributed by atoms with Crippen LogP contribution in [0.25, 0.3) is 0 Å². The van der Waals surface area contributed by atoms with Crippen LogP contribution < -0.4 is 10.6 Å². The average Bonchev–Trinajstić information content (AvgIpc) is 3.06. The van der Waals surface area contributed by atoms with Crippen LogP contribution in [0.3, 0.4) is 0 Å². The minimum Gasteiger partial charge on any atom is -0.357 e. The topological polar surface area (TPSA) is 36.4 Å². The lowest BCUT2D eigenvalue weighted by atomic mass is 9.83. The van der Waals surface area contributed by atoms with Crippen LogP contribution in [-0.4, -0.2) is 25.1 Å². The Morgan fingerprint density at radius 2 is 2.05 bits per heavy atom. The predicted molar refractivity (Wildman–Crippen MR) is 93.4 cm³/mol. The Labute approximate surface area is 133 Å². The van der Waals surface area contributed by atoms with Crippen molar-refractivity contribution in [1.82, 2.24) is 10.6 Å². The second-order valence-electron chi connectivity index (χ2n) is 6.29. The van der Waals surface area contributed by atoms with Gasteiger partial charge in [-0.1, -0.05) is 36.4 Å². The van der Waals surface area contributed by atoms with Crippen molar-refractivity contribution in [2.24, 2.45) is 4.99 Å². The smallest absolute Gasteiger partial charge is 0.191 e. The van der Waals surface area contributed by atoms with Crippen molar-refractivity contribution >= 4 is 5.96 Å². The summed E-state index contributed by atoms with van der Waals surface area (Å²) < 4.78 is 0. The van der Waals surface area contributed by atoms with Crippen LogP contribution in [0.2, 0.25) is 0 Å². The second kappa shape index (κ2) is 7.48. The Bertz CT molecular complexity index is 539. The third kappa shape index (κ3) is 3.70. The highest BCUT2D eigenvalue weighted by Gasteiger charge is 2.19. The lowest BCUT2D eigenvalue weighted by molar-refractivity contribution is 0.556. The van der Waals surface area contributed by atoms with Gasteiger partial charge in [0.1, 0.15) is 0 Å². The Hall–Kier alpha value is -1.77. The monoisotopic (exact) mass is 297 g/mol. The fourth-order valence-electron chi connectivity index (χ4n) is 3.49. The predicted octanol–water partition coefficient (Wildman–Crippen LogP) is 3.38. The maximum absolute atomic E-state index is 4.87. The van der Waals surface area contributed by atoms with Crippen LogP contribution in [0.1, 0.15) is 49.7 Å². The summed E-state index contributed by atoms with van der Waals surface area (Å²) in [7, 11) is 0. The standard InChI is InChI=1S/C19H27N3/c1-2-20-19(22-17-11-4-5-12-17)21-14-16-10-7-9-15-8-3-6-13-18(15)16/h3-6,8,13,16-17H,2,7,9-12,14H2,1H3,(H2,20,21,22). The number of fused-ring (bicyclic) bond motifs is 1. The molecule has 2 aliphatic carbocycles. The normalized spacial score (nSPS) is 21.7. The summed E-state index contributed by atoms with van der Waals surface area (Å²) in [6.45, 7) is 3.92. The van der Waals surface area contributed by atoms with Gasteiger partial charge in [-0.2, -0.15) is 0 Å². The molecule has 3 nitrogen and oxygen atoms in total. The summed E-state index contributed by atoms with van der Waals surface area (Å²) in [6, 6.07) is 9.39. The molecule has 0 aromatic heterocycles. The van der Waals surface area contributed by atoms with Crippen molar-refractivity contribution in [3.63, 3.8) is 0 Å². The van der Waals surface area contributed by atoms with Crippen molar-refractivity contribution in [3.05, 3.63) is 47.5 Å². The molecule has 3 heteroatoms. The van der Waals surface area contributed by atoms with Gasteiger partial charge in [0.05, 0.1) is 0 Å². The number of nitrogens with one attached hydrogen (secondary N) is 2. The van der Waals surface area contributed by atoms with Crippen LogP contribution in [-0.2, 0) is 6.42 Å². The van der Waals surface area contributed by atoms with Gasteiger partial charge in [0.25, 0.3) is 0 Å². The summed E-state index contributed by atoms with van der Waals surface area (Å²) in [5.41, 5.74) is 3.03. The Morgan fingerprint density at radius 1 is 1.23 bits per heavy atom. The van der Waals surface area contributed by atoms with Crippen molar-refractivity contribution < 1.29 is 0 Å². The molecule has 0 aliphatic heterocycles. The Balaban J connectivity index is 1.65. The average molecular weight is 297 g/mol. The van der Waals surface area contributed by atoms with Gasteiger partial charge in [-0.3, -0.25) is 4.99 Å². The number of nitrogens with zero attached hydrogens (tertiary/aromatic N) is 1. The molecule has 2 aliphatic rings. The SMILES string of the molecule is CCNC(=NCC1CCCc2ccccc21)NC1CC=CC1. The highest BCUT2D eigenvalue weighted by Crippen LogP contribution is 2.31. The molecule has 0 saturated heterocycles. The van der Waals surface area contributed by atoms with Crippen molar-refractivity contribution in [1.29, 1.82) is 0 Å². The number of benzene rings is 1. The molecule has 0 saturated carbocycles. The molecule has 1 atom stereocenters. The van der Waals surface area contributed by atoms with Gasteiger partial charge < -0.3 is 10.6 Å². The van der Waals surface area contributed by atoms with E-state index in [1.807, 2.05) is 0 Å². The molecule has 0 radical (unpaired) electrons. The molecule has 0 fully saturated rings. The number of hydrogen-bond donors (Lipinski definition) is 2. The maximum atomic E-state index is 4.87. The minimum absolute atomic E-state index is 0.511. The first-order chi connectivity index (χ1) is 10.9. The van der Waals surface area contributed by atoms with Crippen LogP contribution in [0.15, 0.2) is 41.4 Å². The zero-order valence-electron chi connectivity index (χ0n) is 13.5. The Morgan fingerprint density at radius 3 is 2.86 bits per heavy atom. The summed E-state index contributed by atoms with van der Waals surface area (Å²) >= 11 is 0. The number of aliphatic imine (C=N–C) groups is 1. The quantitative estimate of drug-likeness (QED) is 0.508. The van der Waals surface area contributed by atoms with Crippen molar-refractivity contribution in [2.45, 2.75) is 51.0 Å². The van der Waals surface area contributed by atoms with Gasteiger partial charge in [-0.05, 0) is 50.2 Å².